The van der Waals surface area contributed by atoms with Gasteiger partial charge < -0.3 is 15.4 Å². The third-order valence-corrected chi connectivity index (χ3v) is 3.53. The number of methoxy groups -OCH3 is 1. The normalized spacial score (nSPS) is 10.5. The van der Waals surface area contributed by atoms with Crippen molar-refractivity contribution in [1.82, 2.24) is 4.98 Å². The summed E-state index contributed by atoms with van der Waals surface area (Å²) in [6.45, 7) is 0. The molecule has 2 aromatic rings. The van der Waals surface area contributed by atoms with Gasteiger partial charge in [0.15, 0.2) is 0 Å². The van der Waals surface area contributed by atoms with Crippen LogP contribution >= 0.6 is 15.9 Å². The smallest absolute Gasteiger partial charge is 0.339 e. The van der Waals surface area contributed by atoms with Gasteiger partial charge in [-0.2, -0.15) is 5.26 Å². The van der Waals surface area contributed by atoms with E-state index in [-0.39, 0.29) is 16.8 Å². The molecular formula is C17H13BrN4O3. The van der Waals surface area contributed by atoms with Crippen LogP contribution in [0.3, 0.4) is 0 Å². The molecular weight excluding hydrogens is 388 g/mol. The predicted octanol–water partition coefficient (Wildman–Crippen LogP) is 3.09. The van der Waals surface area contributed by atoms with Gasteiger partial charge in [0.05, 0.1) is 18.4 Å². The van der Waals surface area contributed by atoms with E-state index in [2.05, 4.69) is 36.3 Å². The number of ether oxygens (including phenoxy) is 1. The Balaban J connectivity index is 2.17. The van der Waals surface area contributed by atoms with Crippen LogP contribution in [0.25, 0.3) is 0 Å². The maximum absolute atomic E-state index is 12.3. The van der Waals surface area contributed by atoms with Crippen LogP contribution in [-0.4, -0.2) is 24.0 Å². The third-order valence-electron chi connectivity index (χ3n) is 3.03. The van der Waals surface area contributed by atoms with E-state index in [0.717, 1.165) is 4.47 Å². The Kier molecular flexibility index (Phi) is 6.26. The number of hydrogen-bond acceptors (Lipinski definition) is 6. The van der Waals surface area contributed by atoms with Crippen molar-refractivity contribution >= 4 is 39.3 Å². The number of benzene rings is 1. The Hall–Kier alpha value is -3.18. The van der Waals surface area contributed by atoms with Gasteiger partial charge in [-0.3, -0.25) is 4.79 Å². The Morgan fingerprint density at radius 1 is 1.32 bits per heavy atom. The highest BCUT2D eigenvalue weighted by atomic mass is 79.9. The fraction of sp³-hybridized carbons (Fsp3) is 0.0588. The SMILES string of the molecule is COC(=O)c1ccccc1NC(=O)/C(C#N)=C\Nc1cc(Br)ccn1. The van der Waals surface area contributed by atoms with Crippen LogP contribution < -0.4 is 10.6 Å². The number of aromatic nitrogens is 1. The molecule has 0 aliphatic heterocycles. The van der Waals surface area contributed by atoms with E-state index in [1.807, 2.05) is 0 Å². The predicted molar refractivity (Wildman–Crippen MR) is 95.7 cm³/mol. The lowest BCUT2D eigenvalue weighted by Gasteiger charge is -2.09. The molecule has 25 heavy (non-hydrogen) atoms. The van der Waals surface area contributed by atoms with Crippen LogP contribution in [-0.2, 0) is 9.53 Å². The van der Waals surface area contributed by atoms with E-state index in [4.69, 9.17) is 0 Å². The minimum absolute atomic E-state index is 0.179. The molecule has 0 fully saturated rings. The summed E-state index contributed by atoms with van der Waals surface area (Å²) in [5, 5.41) is 14.5. The first-order chi connectivity index (χ1) is 12.0. The number of esters is 1. The zero-order valence-electron chi connectivity index (χ0n) is 13.1. The van der Waals surface area contributed by atoms with Crippen LogP contribution in [0.2, 0.25) is 0 Å². The van der Waals surface area contributed by atoms with Crippen molar-refractivity contribution in [3.8, 4) is 6.07 Å². The summed E-state index contributed by atoms with van der Waals surface area (Å²) in [6, 6.07) is 11.6. The number of carbonyl (C=O) groups is 2. The number of carbonyl (C=O) groups excluding carboxylic acids is 2. The zero-order valence-corrected chi connectivity index (χ0v) is 14.7. The average Bonchev–Trinajstić information content (AvgIpc) is 2.62. The maximum Gasteiger partial charge on any atom is 0.339 e. The summed E-state index contributed by atoms with van der Waals surface area (Å²) in [7, 11) is 1.25. The van der Waals surface area contributed by atoms with Gasteiger partial charge in [-0.1, -0.05) is 28.1 Å². The first-order valence-corrected chi connectivity index (χ1v) is 7.81. The lowest BCUT2D eigenvalue weighted by Crippen LogP contribution is -2.17. The van der Waals surface area contributed by atoms with E-state index in [1.54, 1.807) is 42.6 Å². The van der Waals surface area contributed by atoms with E-state index < -0.39 is 11.9 Å². The molecule has 1 amide bonds. The van der Waals surface area contributed by atoms with E-state index in [9.17, 15) is 14.9 Å². The maximum atomic E-state index is 12.3. The second-order valence-electron chi connectivity index (χ2n) is 4.66. The summed E-state index contributed by atoms with van der Waals surface area (Å²) >= 11 is 3.30. The second-order valence-corrected chi connectivity index (χ2v) is 5.58. The van der Waals surface area contributed by atoms with Crippen LogP contribution in [0, 0.1) is 11.3 Å². The summed E-state index contributed by atoms with van der Waals surface area (Å²) in [5.74, 6) is -0.791. The van der Waals surface area contributed by atoms with Gasteiger partial charge in [0.25, 0.3) is 5.91 Å². The van der Waals surface area contributed by atoms with Crippen molar-refractivity contribution in [1.29, 1.82) is 5.26 Å². The molecule has 0 spiro atoms. The lowest BCUT2D eigenvalue weighted by molar-refractivity contribution is -0.112. The summed E-state index contributed by atoms with van der Waals surface area (Å²) in [6.07, 6.45) is 2.81. The van der Waals surface area contributed by atoms with Gasteiger partial charge >= 0.3 is 5.97 Å². The number of nitrogens with zero attached hydrogens (tertiary/aromatic N) is 2. The van der Waals surface area contributed by atoms with Gasteiger partial charge in [-0.25, -0.2) is 9.78 Å². The van der Waals surface area contributed by atoms with E-state index >= 15 is 0 Å². The van der Waals surface area contributed by atoms with Crippen molar-refractivity contribution in [2.45, 2.75) is 0 Å². The molecule has 0 bridgehead atoms. The van der Waals surface area contributed by atoms with Crippen molar-refractivity contribution in [2.24, 2.45) is 0 Å². The van der Waals surface area contributed by atoms with Crippen LogP contribution in [0.1, 0.15) is 10.4 Å². The number of pyridine rings is 1. The number of nitrogens with one attached hydrogen (secondary N) is 2. The van der Waals surface area contributed by atoms with E-state index in [1.165, 1.54) is 19.4 Å². The van der Waals surface area contributed by atoms with Crippen molar-refractivity contribution in [2.75, 3.05) is 17.7 Å². The quantitative estimate of drug-likeness (QED) is 0.453. The van der Waals surface area contributed by atoms with Gasteiger partial charge in [0, 0.05) is 16.9 Å². The number of amides is 1. The molecule has 2 N–H and O–H groups in total. The molecule has 0 saturated carbocycles. The summed E-state index contributed by atoms with van der Waals surface area (Å²) in [4.78, 5) is 28.0. The Bertz CT molecular complexity index is 874. The Morgan fingerprint density at radius 2 is 2.08 bits per heavy atom. The minimum Gasteiger partial charge on any atom is -0.465 e. The van der Waals surface area contributed by atoms with Crippen molar-refractivity contribution in [3.05, 3.63) is 64.4 Å². The molecule has 0 aliphatic carbocycles. The Morgan fingerprint density at radius 3 is 2.76 bits per heavy atom. The summed E-state index contributed by atoms with van der Waals surface area (Å²) in [5.41, 5.74) is 0.264. The molecule has 1 aromatic carbocycles. The first-order valence-electron chi connectivity index (χ1n) is 7.02. The molecule has 1 heterocycles. The molecule has 126 valence electrons. The molecule has 1 aromatic heterocycles. The molecule has 0 unspecified atom stereocenters. The molecule has 7 nitrogen and oxygen atoms in total. The highest BCUT2D eigenvalue weighted by Gasteiger charge is 2.15. The van der Waals surface area contributed by atoms with Gasteiger partial charge in [-0.05, 0) is 24.3 Å². The monoisotopic (exact) mass is 400 g/mol. The molecule has 0 atom stereocenters. The van der Waals surface area contributed by atoms with Crippen LogP contribution in [0.5, 0.6) is 0 Å². The van der Waals surface area contributed by atoms with Gasteiger partial charge in [-0.15, -0.1) is 0 Å². The highest BCUT2D eigenvalue weighted by molar-refractivity contribution is 9.10. The molecule has 0 aliphatic rings. The topological polar surface area (TPSA) is 104 Å². The molecule has 0 radical (unpaired) electrons. The first kappa shape index (κ1) is 18.2. The number of halogens is 1. The molecule has 0 saturated heterocycles. The molecule has 2 rings (SSSR count). The van der Waals surface area contributed by atoms with E-state index in [0.29, 0.717) is 5.82 Å². The zero-order chi connectivity index (χ0) is 18.2. The van der Waals surface area contributed by atoms with Gasteiger partial charge in [0.1, 0.15) is 17.5 Å². The number of anilines is 2. The third kappa shape index (κ3) is 4.89. The van der Waals surface area contributed by atoms with Gasteiger partial charge in [0.2, 0.25) is 0 Å². The lowest BCUT2D eigenvalue weighted by atomic mass is 10.1. The number of hydrogen-bond donors (Lipinski definition) is 2. The fourth-order valence-corrected chi connectivity index (χ4v) is 2.18. The standard InChI is InChI=1S/C17H13BrN4O3/c1-25-17(24)13-4-2-3-5-14(13)22-16(23)11(9-19)10-21-15-8-12(18)6-7-20-15/h2-8,10H,1H3,(H,20,21)(H,22,23)/b11-10-. The number of rotatable bonds is 5. The molecule has 8 heteroatoms. The van der Waals surface area contributed by atoms with Crippen molar-refractivity contribution in [3.63, 3.8) is 0 Å². The summed E-state index contributed by atoms with van der Waals surface area (Å²) < 4.78 is 5.47. The van der Waals surface area contributed by atoms with Crippen molar-refractivity contribution < 1.29 is 14.3 Å². The number of para-hydroxylation sites is 1. The van der Waals surface area contributed by atoms with Crippen LogP contribution in [0.15, 0.2) is 58.8 Å². The largest absolute Gasteiger partial charge is 0.465 e. The number of nitriles is 1. The Labute approximate surface area is 152 Å². The average molecular weight is 401 g/mol. The fourth-order valence-electron chi connectivity index (χ4n) is 1.85. The van der Waals surface area contributed by atoms with Crippen LogP contribution in [0.4, 0.5) is 11.5 Å². The minimum atomic E-state index is -0.665. The second kappa shape index (κ2) is 8.61. The highest BCUT2D eigenvalue weighted by Crippen LogP contribution is 2.17.